The number of aromatic amines is 1. The molecule has 6 heteroatoms. The third kappa shape index (κ3) is 5.48. The Labute approximate surface area is 243 Å². The molecule has 200 valence electrons. The molecule has 41 heavy (non-hydrogen) atoms. The van der Waals surface area contributed by atoms with Crippen LogP contribution in [0.1, 0.15) is 22.6 Å². The molecule has 0 saturated heterocycles. The van der Waals surface area contributed by atoms with Crippen LogP contribution < -0.4 is 10.6 Å². The number of H-pyrrole nitrogens is 1. The number of hydrogen-bond donors (Lipinski definition) is 3. The van der Waals surface area contributed by atoms with Crippen LogP contribution in [0.5, 0.6) is 0 Å². The number of rotatable bonds is 9. The van der Waals surface area contributed by atoms with Crippen molar-refractivity contribution in [3.63, 3.8) is 0 Å². The van der Waals surface area contributed by atoms with Crippen molar-refractivity contribution in [1.29, 1.82) is 0 Å². The van der Waals surface area contributed by atoms with Crippen molar-refractivity contribution in [3.8, 4) is 10.4 Å². The zero-order valence-corrected chi connectivity index (χ0v) is 23.2. The number of aromatic nitrogens is 3. The lowest BCUT2D eigenvalue weighted by atomic mass is 9.91. The highest BCUT2D eigenvalue weighted by molar-refractivity contribution is 7.22. The lowest BCUT2D eigenvalue weighted by Gasteiger charge is -2.19. The van der Waals surface area contributed by atoms with E-state index < -0.39 is 0 Å². The van der Waals surface area contributed by atoms with E-state index in [2.05, 4.69) is 141 Å². The molecule has 3 heterocycles. The lowest BCUT2D eigenvalue weighted by Crippen LogP contribution is -2.22. The molecule has 0 aliphatic rings. The first-order chi connectivity index (χ1) is 20.3. The molecule has 0 amide bonds. The Hall–Kier alpha value is -4.78. The van der Waals surface area contributed by atoms with Gasteiger partial charge in [0, 0.05) is 46.7 Å². The first kappa shape index (κ1) is 25.2. The van der Waals surface area contributed by atoms with Gasteiger partial charge in [0.15, 0.2) is 5.82 Å². The SMILES string of the molecule is c1ccc(C(CNCc2ccc(-c3cc4ncnc(Nc5ccc6[nH]ccc6c5)c4s3)cc2)c2ccccc2)cc1. The first-order valence-corrected chi connectivity index (χ1v) is 14.6. The number of benzene rings is 4. The molecule has 3 aromatic heterocycles. The van der Waals surface area contributed by atoms with E-state index in [1.54, 1.807) is 17.7 Å². The van der Waals surface area contributed by atoms with Crippen molar-refractivity contribution in [2.24, 2.45) is 0 Å². The fourth-order valence-electron chi connectivity index (χ4n) is 5.30. The highest BCUT2D eigenvalue weighted by Crippen LogP contribution is 2.37. The van der Waals surface area contributed by atoms with E-state index in [1.807, 2.05) is 6.20 Å². The molecule has 0 bridgehead atoms. The minimum absolute atomic E-state index is 0.309. The van der Waals surface area contributed by atoms with E-state index >= 15 is 0 Å². The van der Waals surface area contributed by atoms with Gasteiger partial charge in [-0.05, 0) is 52.6 Å². The summed E-state index contributed by atoms with van der Waals surface area (Å²) in [7, 11) is 0. The van der Waals surface area contributed by atoms with Crippen LogP contribution >= 0.6 is 11.3 Å². The number of hydrogen-bond acceptors (Lipinski definition) is 5. The van der Waals surface area contributed by atoms with Gasteiger partial charge >= 0.3 is 0 Å². The number of fused-ring (bicyclic) bond motifs is 2. The van der Waals surface area contributed by atoms with Gasteiger partial charge in [-0.15, -0.1) is 11.3 Å². The molecule has 0 unspecified atom stereocenters. The molecular formula is C35H29N5S. The summed E-state index contributed by atoms with van der Waals surface area (Å²) >= 11 is 1.72. The standard InChI is InChI=1S/C35H29N5S/c1-3-7-25(8-4-1)30(26-9-5-2-6-10-26)22-36-21-24-11-13-27(14-12-24)33-20-32-34(41-33)35(39-23-38-32)40-29-15-16-31-28(19-29)17-18-37-31/h1-20,23,30,36-37H,21-22H2,(H,38,39,40). The summed E-state index contributed by atoms with van der Waals surface area (Å²) in [5.74, 6) is 1.14. The fraction of sp³-hybridized carbons (Fsp3) is 0.0857. The molecule has 0 aliphatic heterocycles. The van der Waals surface area contributed by atoms with Gasteiger partial charge in [-0.3, -0.25) is 0 Å². The zero-order chi connectivity index (χ0) is 27.4. The maximum absolute atomic E-state index is 4.55. The number of anilines is 2. The molecule has 0 spiro atoms. The van der Waals surface area contributed by atoms with Crippen LogP contribution in [0, 0.1) is 0 Å². The topological polar surface area (TPSA) is 65.6 Å². The second-order valence-electron chi connectivity index (χ2n) is 10.2. The van der Waals surface area contributed by atoms with Gasteiger partial charge in [-0.1, -0.05) is 84.9 Å². The van der Waals surface area contributed by atoms with Crippen LogP contribution in [-0.4, -0.2) is 21.5 Å². The molecular weight excluding hydrogens is 522 g/mol. The van der Waals surface area contributed by atoms with E-state index in [4.69, 9.17) is 0 Å². The summed E-state index contributed by atoms with van der Waals surface area (Å²) in [6.45, 7) is 1.69. The van der Waals surface area contributed by atoms with Gasteiger partial charge in [0.25, 0.3) is 0 Å². The summed E-state index contributed by atoms with van der Waals surface area (Å²) in [4.78, 5) is 13.5. The van der Waals surface area contributed by atoms with Crippen molar-refractivity contribution >= 4 is 44.0 Å². The van der Waals surface area contributed by atoms with Gasteiger partial charge in [-0.25, -0.2) is 9.97 Å². The van der Waals surface area contributed by atoms with Crippen molar-refractivity contribution in [2.45, 2.75) is 12.5 Å². The molecule has 0 atom stereocenters. The van der Waals surface area contributed by atoms with Crippen LogP contribution in [-0.2, 0) is 6.54 Å². The smallest absolute Gasteiger partial charge is 0.151 e. The fourth-order valence-corrected chi connectivity index (χ4v) is 6.36. The molecule has 5 nitrogen and oxygen atoms in total. The second kappa shape index (κ2) is 11.4. The molecule has 7 aromatic rings. The number of thiophene rings is 1. The molecule has 0 fully saturated rings. The lowest BCUT2D eigenvalue weighted by molar-refractivity contribution is 0.636. The predicted octanol–water partition coefficient (Wildman–Crippen LogP) is 8.50. The van der Waals surface area contributed by atoms with Gasteiger partial charge in [0.05, 0.1) is 10.2 Å². The molecule has 3 N–H and O–H groups in total. The highest BCUT2D eigenvalue weighted by Gasteiger charge is 2.14. The van der Waals surface area contributed by atoms with E-state index in [0.29, 0.717) is 5.92 Å². The van der Waals surface area contributed by atoms with Crippen molar-refractivity contribution < 1.29 is 0 Å². The Morgan fingerprint density at radius 2 is 1.51 bits per heavy atom. The van der Waals surface area contributed by atoms with Crippen molar-refractivity contribution in [3.05, 3.63) is 144 Å². The highest BCUT2D eigenvalue weighted by atomic mass is 32.1. The van der Waals surface area contributed by atoms with Crippen LogP contribution in [0.3, 0.4) is 0 Å². The predicted molar refractivity (Wildman–Crippen MR) is 171 cm³/mol. The van der Waals surface area contributed by atoms with Crippen molar-refractivity contribution in [1.82, 2.24) is 20.3 Å². The second-order valence-corrected chi connectivity index (χ2v) is 11.2. The Morgan fingerprint density at radius 1 is 0.756 bits per heavy atom. The average Bonchev–Trinajstić information content (AvgIpc) is 3.68. The van der Waals surface area contributed by atoms with Crippen LogP contribution in [0.25, 0.3) is 31.6 Å². The summed E-state index contributed by atoms with van der Waals surface area (Å²) in [5.41, 5.74) is 8.17. The molecule has 7 rings (SSSR count). The molecule has 0 radical (unpaired) electrons. The van der Waals surface area contributed by atoms with Gasteiger partial charge in [0.1, 0.15) is 6.33 Å². The van der Waals surface area contributed by atoms with Crippen molar-refractivity contribution in [2.75, 3.05) is 11.9 Å². The normalized spacial score (nSPS) is 11.4. The number of nitrogens with zero attached hydrogens (tertiary/aromatic N) is 2. The van der Waals surface area contributed by atoms with Gasteiger partial charge in [0.2, 0.25) is 0 Å². The minimum Gasteiger partial charge on any atom is -0.361 e. The van der Waals surface area contributed by atoms with Crippen LogP contribution in [0.15, 0.2) is 128 Å². The van der Waals surface area contributed by atoms with E-state index in [9.17, 15) is 0 Å². The summed E-state index contributed by atoms with van der Waals surface area (Å²) in [6.07, 6.45) is 3.58. The third-order valence-corrected chi connectivity index (χ3v) is 8.63. The molecule has 0 aliphatic carbocycles. The minimum atomic E-state index is 0.309. The molecule has 0 saturated carbocycles. The summed E-state index contributed by atoms with van der Waals surface area (Å²) in [5, 5.41) is 8.35. The Bertz CT molecular complexity index is 1850. The maximum atomic E-state index is 4.55. The first-order valence-electron chi connectivity index (χ1n) is 13.8. The van der Waals surface area contributed by atoms with Crippen LogP contribution in [0.4, 0.5) is 11.5 Å². The number of nitrogens with one attached hydrogen (secondary N) is 3. The van der Waals surface area contributed by atoms with Gasteiger partial charge in [-0.2, -0.15) is 0 Å². The molecule has 4 aromatic carbocycles. The Kier molecular flexibility index (Phi) is 6.99. The maximum Gasteiger partial charge on any atom is 0.151 e. The van der Waals surface area contributed by atoms with Crippen LogP contribution in [0.2, 0.25) is 0 Å². The third-order valence-electron chi connectivity index (χ3n) is 7.45. The summed E-state index contributed by atoms with van der Waals surface area (Å²) in [6, 6.07) is 40.8. The van der Waals surface area contributed by atoms with E-state index in [0.717, 1.165) is 45.7 Å². The quantitative estimate of drug-likeness (QED) is 0.168. The Morgan fingerprint density at radius 3 is 2.27 bits per heavy atom. The average molecular weight is 552 g/mol. The van der Waals surface area contributed by atoms with Gasteiger partial charge < -0.3 is 15.6 Å². The largest absolute Gasteiger partial charge is 0.361 e. The zero-order valence-electron chi connectivity index (χ0n) is 22.4. The summed E-state index contributed by atoms with van der Waals surface area (Å²) < 4.78 is 1.05. The Balaban J connectivity index is 1.05. The monoisotopic (exact) mass is 551 g/mol. The van der Waals surface area contributed by atoms with E-state index in [1.165, 1.54) is 27.1 Å². The van der Waals surface area contributed by atoms with E-state index in [-0.39, 0.29) is 0 Å².